The molecule has 2 aromatic carbocycles. The summed E-state index contributed by atoms with van der Waals surface area (Å²) in [4.78, 5) is 11.3. The van der Waals surface area contributed by atoms with Gasteiger partial charge >= 0.3 is 5.51 Å². The van der Waals surface area contributed by atoms with Crippen molar-refractivity contribution in [3.8, 4) is 0 Å². The second-order valence-corrected chi connectivity index (χ2v) is 6.79. The van der Waals surface area contributed by atoms with Crippen molar-refractivity contribution in [1.82, 2.24) is 0 Å². The zero-order valence-electron chi connectivity index (χ0n) is 10.9. The molecule has 0 bridgehead atoms. The van der Waals surface area contributed by atoms with Crippen LogP contribution >= 0.6 is 11.6 Å². The van der Waals surface area contributed by atoms with E-state index < -0.39 is 26.0 Å². The Bertz CT molecular complexity index is 795. The highest BCUT2D eigenvalue weighted by molar-refractivity contribution is 7.94. The van der Waals surface area contributed by atoms with Crippen molar-refractivity contribution in [1.29, 1.82) is 0 Å². The molecule has 2 aromatic rings. The van der Waals surface area contributed by atoms with Gasteiger partial charge in [0.25, 0.3) is 5.91 Å². The van der Waals surface area contributed by atoms with Crippen LogP contribution < -0.4 is 0 Å². The summed E-state index contributed by atoms with van der Waals surface area (Å²) in [5.41, 5.74) is -5.26. The zero-order chi connectivity index (χ0) is 16.4. The third-order valence-electron chi connectivity index (χ3n) is 2.68. The third kappa shape index (κ3) is 3.31. The highest BCUT2D eigenvalue weighted by atomic mass is 35.5. The van der Waals surface area contributed by atoms with Crippen molar-refractivity contribution in [3.05, 3.63) is 65.2 Å². The summed E-state index contributed by atoms with van der Waals surface area (Å²) in [6.45, 7) is 0. The molecule has 2 rings (SSSR count). The predicted molar refractivity (Wildman–Crippen MR) is 77.1 cm³/mol. The molecule has 22 heavy (non-hydrogen) atoms. The quantitative estimate of drug-likeness (QED) is 0.801. The van der Waals surface area contributed by atoms with Crippen LogP contribution in [0.25, 0.3) is 0 Å². The van der Waals surface area contributed by atoms with E-state index in [0.717, 1.165) is 24.3 Å². The molecule has 1 amide bonds. The lowest BCUT2D eigenvalue weighted by molar-refractivity contribution is -0.0403. The molecule has 0 saturated carbocycles. The highest BCUT2D eigenvalue weighted by Gasteiger charge is 2.45. The van der Waals surface area contributed by atoms with Gasteiger partial charge in [0.1, 0.15) is 0 Å². The van der Waals surface area contributed by atoms with Crippen molar-refractivity contribution in [3.63, 3.8) is 0 Å². The Morgan fingerprint density at radius 2 is 1.55 bits per heavy atom. The fraction of sp³-hybridized carbons (Fsp3) is 0.0714. The van der Waals surface area contributed by atoms with E-state index in [1.165, 1.54) is 24.3 Å². The number of benzene rings is 2. The van der Waals surface area contributed by atoms with Gasteiger partial charge in [0.15, 0.2) is 9.73 Å². The van der Waals surface area contributed by atoms with Crippen LogP contribution in [0, 0.1) is 0 Å². The lowest BCUT2D eigenvalue weighted by Gasteiger charge is -2.13. The maximum atomic E-state index is 13.2. The van der Waals surface area contributed by atoms with Crippen LogP contribution in [0.15, 0.2) is 63.9 Å². The number of nitrogens with zero attached hydrogens (tertiary/aromatic N) is 1. The Morgan fingerprint density at radius 3 is 2.05 bits per heavy atom. The Hall–Kier alpha value is -1.86. The maximum absolute atomic E-state index is 13.2. The molecule has 1 atom stereocenters. The van der Waals surface area contributed by atoms with Gasteiger partial charge in [-0.05, 0) is 36.4 Å². The molecular weight excluding hydrogens is 339 g/mol. The number of carbonyl (C=O) groups is 1. The standard InChI is InChI=1S/C14H9ClF3NO2S/c15-11-6-8-12(9-7-11)22(21,14(16,17)18)19-13(20)10-4-2-1-3-5-10/h1-9H. The summed E-state index contributed by atoms with van der Waals surface area (Å²) in [6, 6.07) is 11.3. The van der Waals surface area contributed by atoms with E-state index in [1.807, 2.05) is 0 Å². The number of hydrogen-bond acceptors (Lipinski definition) is 2. The van der Waals surface area contributed by atoms with E-state index in [-0.39, 0.29) is 10.6 Å². The van der Waals surface area contributed by atoms with E-state index in [4.69, 9.17) is 11.6 Å². The molecule has 0 aliphatic carbocycles. The minimum absolute atomic E-state index is 0.0755. The van der Waals surface area contributed by atoms with Gasteiger partial charge in [-0.15, -0.1) is 4.36 Å². The Labute approximate surface area is 129 Å². The lowest BCUT2D eigenvalue weighted by Crippen LogP contribution is -2.24. The molecule has 0 aliphatic rings. The van der Waals surface area contributed by atoms with Crippen molar-refractivity contribution >= 4 is 27.2 Å². The van der Waals surface area contributed by atoms with E-state index >= 15 is 0 Å². The summed E-state index contributed by atoms with van der Waals surface area (Å²) in [5, 5.41) is 0.182. The van der Waals surface area contributed by atoms with Crippen LogP contribution in [0.4, 0.5) is 13.2 Å². The average Bonchev–Trinajstić information content (AvgIpc) is 2.47. The number of hydrogen-bond donors (Lipinski definition) is 0. The monoisotopic (exact) mass is 347 g/mol. The van der Waals surface area contributed by atoms with Crippen molar-refractivity contribution in [2.24, 2.45) is 4.36 Å². The topological polar surface area (TPSA) is 46.5 Å². The van der Waals surface area contributed by atoms with Gasteiger partial charge in [-0.2, -0.15) is 13.2 Å². The number of carbonyl (C=O) groups excluding carboxylic acids is 1. The summed E-state index contributed by atoms with van der Waals surface area (Å²) in [6.07, 6.45) is 0. The number of alkyl halides is 3. The highest BCUT2D eigenvalue weighted by Crippen LogP contribution is 2.33. The zero-order valence-corrected chi connectivity index (χ0v) is 12.5. The predicted octanol–water partition coefficient (Wildman–Crippen LogP) is 4.53. The molecule has 0 saturated heterocycles. The molecule has 0 aliphatic heterocycles. The fourth-order valence-corrected chi connectivity index (χ4v) is 3.05. The molecule has 0 radical (unpaired) electrons. The van der Waals surface area contributed by atoms with Gasteiger partial charge in [0, 0.05) is 10.6 Å². The molecule has 8 heteroatoms. The second kappa shape index (κ2) is 6.10. The summed E-state index contributed by atoms with van der Waals surface area (Å²) < 4.78 is 55.0. The third-order valence-corrected chi connectivity index (χ3v) is 4.89. The average molecular weight is 348 g/mol. The van der Waals surface area contributed by atoms with Gasteiger partial charge in [0.05, 0.1) is 4.90 Å². The Morgan fingerprint density at radius 1 is 1.00 bits per heavy atom. The van der Waals surface area contributed by atoms with Gasteiger partial charge in [-0.1, -0.05) is 29.8 Å². The summed E-state index contributed by atoms with van der Waals surface area (Å²) >= 11 is 5.61. The van der Waals surface area contributed by atoms with Crippen LogP contribution in [0.5, 0.6) is 0 Å². The van der Waals surface area contributed by atoms with E-state index in [9.17, 15) is 22.2 Å². The van der Waals surface area contributed by atoms with E-state index in [1.54, 1.807) is 6.07 Å². The minimum atomic E-state index is -5.19. The van der Waals surface area contributed by atoms with Crippen LogP contribution in [-0.2, 0) is 9.73 Å². The minimum Gasteiger partial charge on any atom is -0.266 e. The molecule has 0 heterocycles. The first-order valence-electron chi connectivity index (χ1n) is 5.92. The summed E-state index contributed by atoms with van der Waals surface area (Å²) in [5.74, 6) is -1.20. The van der Waals surface area contributed by atoms with Crippen LogP contribution in [0.1, 0.15) is 10.4 Å². The molecule has 3 nitrogen and oxygen atoms in total. The van der Waals surface area contributed by atoms with E-state index in [2.05, 4.69) is 4.36 Å². The largest absolute Gasteiger partial charge is 0.484 e. The molecule has 1 unspecified atom stereocenters. The first-order valence-corrected chi connectivity index (χ1v) is 7.82. The Kier molecular flexibility index (Phi) is 4.58. The molecule has 0 N–H and O–H groups in total. The first kappa shape index (κ1) is 16.5. The number of halogens is 4. The molecule has 0 spiro atoms. The molecular formula is C14H9ClF3NO2S. The summed E-state index contributed by atoms with van der Waals surface area (Å²) in [7, 11) is -4.93. The Balaban J connectivity index is 2.61. The van der Waals surface area contributed by atoms with Crippen molar-refractivity contribution < 1.29 is 22.2 Å². The van der Waals surface area contributed by atoms with Crippen LogP contribution in [-0.4, -0.2) is 15.6 Å². The van der Waals surface area contributed by atoms with Crippen LogP contribution in [0.3, 0.4) is 0 Å². The van der Waals surface area contributed by atoms with E-state index in [0.29, 0.717) is 0 Å². The van der Waals surface area contributed by atoms with Gasteiger partial charge in [0.2, 0.25) is 0 Å². The number of rotatable bonds is 2. The van der Waals surface area contributed by atoms with Crippen molar-refractivity contribution in [2.75, 3.05) is 0 Å². The van der Waals surface area contributed by atoms with Crippen LogP contribution in [0.2, 0.25) is 5.02 Å². The molecule has 116 valence electrons. The van der Waals surface area contributed by atoms with Gasteiger partial charge < -0.3 is 0 Å². The van der Waals surface area contributed by atoms with Gasteiger partial charge in [-0.25, -0.2) is 4.21 Å². The molecule has 0 aromatic heterocycles. The number of amides is 1. The molecule has 0 fully saturated rings. The first-order chi connectivity index (χ1) is 10.2. The normalized spacial score (nSPS) is 14.2. The second-order valence-electron chi connectivity index (χ2n) is 4.19. The smallest absolute Gasteiger partial charge is 0.266 e. The maximum Gasteiger partial charge on any atom is 0.484 e. The van der Waals surface area contributed by atoms with Gasteiger partial charge in [-0.3, -0.25) is 4.79 Å². The lowest BCUT2D eigenvalue weighted by atomic mass is 10.2. The SMILES string of the molecule is O=C(N=S(=O)(c1ccc(Cl)cc1)C(F)(F)F)c1ccccc1. The van der Waals surface area contributed by atoms with Crippen molar-refractivity contribution in [2.45, 2.75) is 10.4 Å². The fourth-order valence-electron chi connectivity index (χ4n) is 1.61.